The molecule has 3 aliphatic heterocycles. The lowest BCUT2D eigenvalue weighted by atomic mass is 9.80. The second-order valence-corrected chi connectivity index (χ2v) is 14.3. The molecule has 2 aromatic rings. The number of hydrogen-bond acceptors (Lipinski definition) is 6. The summed E-state index contributed by atoms with van der Waals surface area (Å²) in [5, 5.41) is 0. The summed E-state index contributed by atoms with van der Waals surface area (Å²) < 4.78 is 11.0. The molecule has 0 spiro atoms. The van der Waals surface area contributed by atoms with Crippen molar-refractivity contribution in [1.29, 1.82) is 0 Å². The maximum atomic E-state index is 12.6. The van der Waals surface area contributed by atoms with Crippen molar-refractivity contribution in [2.45, 2.75) is 90.1 Å². The summed E-state index contributed by atoms with van der Waals surface area (Å²) in [7, 11) is 1.72. The summed E-state index contributed by atoms with van der Waals surface area (Å²) in [5.74, 6) is 1.55. The number of piperidine rings is 2. The average Bonchev–Trinajstić information content (AvgIpc) is 2.99. The van der Waals surface area contributed by atoms with E-state index in [-0.39, 0.29) is 11.6 Å². The molecule has 0 saturated carbocycles. The number of ether oxygens (including phenoxy) is 2. The number of likely N-dealkylation sites (tertiary alicyclic amines) is 2. The highest BCUT2D eigenvalue weighted by molar-refractivity contribution is 5.68. The average molecular weight is 591 g/mol. The lowest BCUT2D eigenvalue weighted by Crippen LogP contribution is -2.58. The van der Waals surface area contributed by atoms with Gasteiger partial charge in [-0.25, -0.2) is 4.79 Å². The zero-order valence-corrected chi connectivity index (χ0v) is 27.4. The van der Waals surface area contributed by atoms with Gasteiger partial charge in [0.1, 0.15) is 11.4 Å². The molecule has 3 fully saturated rings. The molecule has 7 heteroatoms. The van der Waals surface area contributed by atoms with Crippen LogP contribution in [0, 0.1) is 5.92 Å². The van der Waals surface area contributed by atoms with Crippen molar-refractivity contribution in [2.24, 2.45) is 5.92 Å². The van der Waals surface area contributed by atoms with Gasteiger partial charge in [-0.1, -0.05) is 42.5 Å². The smallest absolute Gasteiger partial charge is 0.410 e. The van der Waals surface area contributed by atoms with E-state index in [1.807, 2.05) is 25.7 Å². The van der Waals surface area contributed by atoms with E-state index in [0.29, 0.717) is 18.0 Å². The van der Waals surface area contributed by atoms with Crippen LogP contribution in [0.25, 0.3) is 0 Å². The zero-order chi connectivity index (χ0) is 30.6. The highest BCUT2D eigenvalue weighted by Crippen LogP contribution is 2.40. The van der Waals surface area contributed by atoms with Crippen LogP contribution in [0.15, 0.2) is 54.6 Å². The molecule has 1 amide bonds. The number of carbonyl (C=O) groups excluding carboxylic acids is 1. The second kappa shape index (κ2) is 13.6. The molecule has 236 valence electrons. The van der Waals surface area contributed by atoms with E-state index in [1.165, 1.54) is 24.0 Å². The monoisotopic (exact) mass is 590 g/mol. The van der Waals surface area contributed by atoms with Crippen LogP contribution in [0.5, 0.6) is 5.75 Å². The van der Waals surface area contributed by atoms with Crippen LogP contribution < -0.4 is 4.74 Å². The van der Waals surface area contributed by atoms with E-state index in [0.717, 1.165) is 70.9 Å². The SMILES string of the molecule is COc1ccc(CN2CCN([C@H](c3ccccc3)C3CCN(C4(C)CCN(C(=O)OC(C)(C)C)CC4)CC3)[C@@H](C)C2)cc1. The lowest BCUT2D eigenvalue weighted by Gasteiger charge is -2.52. The Balaban J connectivity index is 1.19. The third kappa shape index (κ3) is 7.92. The molecule has 7 nitrogen and oxygen atoms in total. The van der Waals surface area contributed by atoms with Gasteiger partial charge in [-0.2, -0.15) is 0 Å². The Morgan fingerprint density at radius 1 is 0.930 bits per heavy atom. The molecule has 3 heterocycles. The highest BCUT2D eigenvalue weighted by atomic mass is 16.6. The molecule has 0 bridgehead atoms. The van der Waals surface area contributed by atoms with Crippen molar-refractivity contribution in [3.63, 3.8) is 0 Å². The fourth-order valence-corrected chi connectivity index (χ4v) is 7.55. The van der Waals surface area contributed by atoms with Gasteiger partial charge < -0.3 is 14.4 Å². The van der Waals surface area contributed by atoms with E-state index in [9.17, 15) is 4.79 Å². The molecule has 0 aliphatic carbocycles. The first-order chi connectivity index (χ1) is 20.5. The third-order valence-electron chi connectivity index (χ3n) is 10.1. The number of benzene rings is 2. The highest BCUT2D eigenvalue weighted by Gasteiger charge is 2.42. The Hall–Kier alpha value is -2.61. The number of methoxy groups -OCH3 is 1. The largest absolute Gasteiger partial charge is 0.497 e. The number of piperazine rings is 1. The van der Waals surface area contributed by atoms with Crippen LogP contribution in [0.2, 0.25) is 0 Å². The van der Waals surface area contributed by atoms with Gasteiger partial charge in [0.15, 0.2) is 0 Å². The van der Waals surface area contributed by atoms with E-state index in [4.69, 9.17) is 9.47 Å². The lowest BCUT2D eigenvalue weighted by molar-refractivity contribution is -0.0280. The molecule has 0 aromatic heterocycles. The predicted molar refractivity (Wildman–Crippen MR) is 173 cm³/mol. The minimum atomic E-state index is -0.449. The van der Waals surface area contributed by atoms with Gasteiger partial charge in [-0.3, -0.25) is 14.7 Å². The normalized spacial score (nSPS) is 23.6. The van der Waals surface area contributed by atoms with Gasteiger partial charge in [0.25, 0.3) is 0 Å². The van der Waals surface area contributed by atoms with Crippen LogP contribution in [0.4, 0.5) is 4.79 Å². The van der Waals surface area contributed by atoms with Gasteiger partial charge in [0.05, 0.1) is 7.11 Å². The number of rotatable bonds is 7. The standard InChI is InChI=1S/C36H54N4O3/c1-28-26-37(27-29-12-14-32(42-6)15-13-29)24-25-40(28)33(30-10-8-7-9-11-30)31-16-20-39(21-17-31)36(5)18-22-38(23-19-36)34(41)43-35(2,3)4/h7-15,28,31,33H,16-27H2,1-6H3/t28-,33+/m0/s1. The molecule has 3 saturated heterocycles. The van der Waals surface area contributed by atoms with Crippen molar-refractivity contribution in [1.82, 2.24) is 19.6 Å². The van der Waals surface area contributed by atoms with E-state index >= 15 is 0 Å². The first-order valence-corrected chi connectivity index (χ1v) is 16.4. The molecule has 3 aliphatic rings. The van der Waals surface area contributed by atoms with Crippen LogP contribution in [0.1, 0.15) is 77.5 Å². The summed E-state index contributed by atoms with van der Waals surface area (Å²) in [6.45, 7) is 18.7. The Labute approximate surface area is 260 Å². The van der Waals surface area contributed by atoms with E-state index < -0.39 is 5.60 Å². The quantitative estimate of drug-likeness (QED) is 0.370. The summed E-state index contributed by atoms with van der Waals surface area (Å²) >= 11 is 0. The van der Waals surface area contributed by atoms with Gasteiger partial charge >= 0.3 is 6.09 Å². The predicted octanol–water partition coefficient (Wildman–Crippen LogP) is 6.44. The Bertz CT molecular complexity index is 1170. The topological polar surface area (TPSA) is 48.5 Å². The third-order valence-corrected chi connectivity index (χ3v) is 10.1. The summed E-state index contributed by atoms with van der Waals surface area (Å²) in [6.07, 6.45) is 4.27. The molecule has 0 N–H and O–H groups in total. The Kier molecular flexibility index (Phi) is 10.0. The van der Waals surface area contributed by atoms with E-state index in [1.54, 1.807) is 7.11 Å². The molecule has 43 heavy (non-hydrogen) atoms. The molecule has 5 rings (SSSR count). The number of amides is 1. The minimum Gasteiger partial charge on any atom is -0.497 e. The summed E-state index contributed by atoms with van der Waals surface area (Å²) in [6, 6.07) is 20.7. The maximum absolute atomic E-state index is 12.6. The fraction of sp³-hybridized carbons (Fsp3) is 0.639. The first kappa shape index (κ1) is 31.8. The van der Waals surface area contributed by atoms with Crippen molar-refractivity contribution >= 4 is 6.09 Å². The van der Waals surface area contributed by atoms with E-state index in [2.05, 4.69) is 83.1 Å². The van der Waals surface area contributed by atoms with Crippen LogP contribution in [-0.4, -0.2) is 95.8 Å². The molecular weight excluding hydrogens is 536 g/mol. The molecule has 2 aromatic carbocycles. The first-order valence-electron chi connectivity index (χ1n) is 16.4. The number of carbonyl (C=O) groups is 1. The molecular formula is C36H54N4O3. The van der Waals surface area contributed by atoms with Crippen molar-refractivity contribution in [3.05, 3.63) is 65.7 Å². The number of nitrogens with zero attached hydrogens (tertiary/aromatic N) is 4. The maximum Gasteiger partial charge on any atom is 0.410 e. The molecule has 0 radical (unpaired) electrons. The number of hydrogen-bond donors (Lipinski definition) is 0. The van der Waals surface area contributed by atoms with Crippen LogP contribution in [0.3, 0.4) is 0 Å². The summed E-state index contributed by atoms with van der Waals surface area (Å²) in [5.41, 5.74) is 2.51. The van der Waals surface area contributed by atoms with Gasteiger partial charge in [0, 0.05) is 56.9 Å². The Morgan fingerprint density at radius 2 is 1.58 bits per heavy atom. The van der Waals surface area contributed by atoms with Gasteiger partial charge in [-0.05, 0) is 103 Å². The van der Waals surface area contributed by atoms with Crippen molar-refractivity contribution in [2.75, 3.05) is 52.9 Å². The molecule has 2 atom stereocenters. The zero-order valence-electron chi connectivity index (χ0n) is 27.4. The minimum absolute atomic E-state index is 0.145. The van der Waals surface area contributed by atoms with Crippen LogP contribution in [-0.2, 0) is 11.3 Å². The van der Waals surface area contributed by atoms with Crippen molar-refractivity contribution < 1.29 is 14.3 Å². The molecule has 0 unspecified atom stereocenters. The Morgan fingerprint density at radius 3 is 2.16 bits per heavy atom. The van der Waals surface area contributed by atoms with Crippen LogP contribution >= 0.6 is 0 Å². The summed E-state index contributed by atoms with van der Waals surface area (Å²) in [4.78, 5) is 22.7. The fourth-order valence-electron chi connectivity index (χ4n) is 7.55. The van der Waals surface area contributed by atoms with Crippen molar-refractivity contribution in [3.8, 4) is 5.75 Å². The van der Waals surface area contributed by atoms with Gasteiger partial charge in [-0.15, -0.1) is 0 Å². The van der Waals surface area contributed by atoms with Gasteiger partial charge in [0.2, 0.25) is 0 Å². The second-order valence-electron chi connectivity index (χ2n) is 14.3.